The highest BCUT2D eigenvalue weighted by Crippen LogP contribution is 2.41. The molecule has 1 aromatic carbocycles. The minimum Gasteiger partial charge on any atom is -0.497 e. The molecule has 2 aromatic heterocycles. The number of ether oxygens (including phenoxy) is 1. The Morgan fingerprint density at radius 1 is 1.28 bits per heavy atom. The molecule has 3 aromatic rings. The van der Waals surface area contributed by atoms with E-state index in [1.54, 1.807) is 18.4 Å². The van der Waals surface area contributed by atoms with Gasteiger partial charge in [0.05, 0.1) is 24.7 Å². The van der Waals surface area contributed by atoms with Gasteiger partial charge in [0.25, 0.3) is 0 Å². The third-order valence-corrected chi connectivity index (χ3v) is 6.52. The molecule has 5 nitrogen and oxygen atoms in total. The first-order valence-corrected chi connectivity index (χ1v) is 11.1. The van der Waals surface area contributed by atoms with Gasteiger partial charge in [-0.1, -0.05) is 27.7 Å². The van der Waals surface area contributed by atoms with Gasteiger partial charge in [-0.3, -0.25) is 0 Å². The van der Waals surface area contributed by atoms with Gasteiger partial charge in [-0.25, -0.2) is 9.67 Å². The van der Waals surface area contributed by atoms with Gasteiger partial charge in [0.15, 0.2) is 0 Å². The zero-order chi connectivity index (χ0) is 20.6. The number of fused-ring (bicyclic) bond motifs is 1. The lowest BCUT2D eigenvalue weighted by molar-refractivity contribution is 0.252. The summed E-state index contributed by atoms with van der Waals surface area (Å²) in [5.41, 5.74) is 5.07. The molecule has 0 saturated heterocycles. The maximum absolute atomic E-state index is 5.30. The molecule has 0 saturated carbocycles. The van der Waals surface area contributed by atoms with Crippen molar-refractivity contribution in [1.82, 2.24) is 20.1 Å². The zero-order valence-electron chi connectivity index (χ0n) is 17.9. The first kappa shape index (κ1) is 20.1. The van der Waals surface area contributed by atoms with Gasteiger partial charge in [-0.15, -0.1) is 11.3 Å². The van der Waals surface area contributed by atoms with Crippen LogP contribution in [0.2, 0.25) is 0 Å². The van der Waals surface area contributed by atoms with Gasteiger partial charge in [-0.05, 0) is 48.4 Å². The van der Waals surface area contributed by atoms with E-state index in [4.69, 9.17) is 14.8 Å². The van der Waals surface area contributed by atoms with Gasteiger partial charge in [-0.2, -0.15) is 5.10 Å². The van der Waals surface area contributed by atoms with Crippen LogP contribution in [0.5, 0.6) is 5.75 Å². The molecule has 1 atom stereocenters. The monoisotopic (exact) mass is 410 g/mol. The smallest absolute Gasteiger partial charge is 0.119 e. The van der Waals surface area contributed by atoms with Crippen LogP contribution in [-0.4, -0.2) is 21.9 Å². The lowest BCUT2D eigenvalue weighted by Gasteiger charge is -2.36. The van der Waals surface area contributed by atoms with Crippen LogP contribution in [0.15, 0.2) is 35.8 Å². The largest absolute Gasteiger partial charge is 0.497 e. The number of hydrogen-bond acceptors (Lipinski definition) is 5. The van der Waals surface area contributed by atoms with Crippen LogP contribution >= 0.6 is 11.3 Å². The van der Waals surface area contributed by atoms with E-state index < -0.39 is 0 Å². The number of nitrogens with zero attached hydrogens (tertiary/aromatic N) is 3. The van der Waals surface area contributed by atoms with E-state index >= 15 is 0 Å². The maximum atomic E-state index is 5.30. The van der Waals surface area contributed by atoms with Crippen molar-refractivity contribution in [2.45, 2.75) is 59.0 Å². The Kier molecular flexibility index (Phi) is 5.49. The predicted octanol–water partition coefficient (Wildman–Crippen LogP) is 5.26. The lowest BCUT2D eigenvalue weighted by Crippen LogP contribution is -2.33. The molecule has 29 heavy (non-hydrogen) atoms. The van der Waals surface area contributed by atoms with Crippen LogP contribution in [0.4, 0.5) is 0 Å². The molecule has 0 spiro atoms. The Balaban J connectivity index is 1.58. The summed E-state index contributed by atoms with van der Waals surface area (Å²) in [4.78, 5) is 4.78. The standard InChI is InChI=1S/C23H30N4OS/c1-15(2)20-14-29-22(26-20)13-24-19-10-23(3,4)11-21-18(19)12-25-27(21)16-6-8-17(28-5)9-7-16/h6-9,12,14-15,19,24H,10-11,13H2,1-5H3. The van der Waals surface area contributed by atoms with Gasteiger partial charge < -0.3 is 10.1 Å². The third-order valence-electron chi connectivity index (χ3n) is 5.66. The van der Waals surface area contributed by atoms with Crippen molar-refractivity contribution >= 4 is 11.3 Å². The van der Waals surface area contributed by atoms with Gasteiger partial charge in [0, 0.05) is 29.2 Å². The first-order chi connectivity index (χ1) is 13.9. The van der Waals surface area contributed by atoms with E-state index in [-0.39, 0.29) is 11.5 Å². The molecular formula is C23H30N4OS. The van der Waals surface area contributed by atoms with Gasteiger partial charge >= 0.3 is 0 Å². The van der Waals surface area contributed by atoms with Crippen molar-refractivity contribution in [3.63, 3.8) is 0 Å². The lowest BCUT2D eigenvalue weighted by atomic mass is 9.74. The summed E-state index contributed by atoms with van der Waals surface area (Å²) in [7, 11) is 1.69. The van der Waals surface area contributed by atoms with E-state index in [1.165, 1.54) is 17.0 Å². The molecule has 0 radical (unpaired) electrons. The second-order valence-corrected chi connectivity index (χ2v) is 9.90. The van der Waals surface area contributed by atoms with Crippen molar-refractivity contribution in [2.24, 2.45) is 5.41 Å². The van der Waals surface area contributed by atoms with E-state index in [0.717, 1.165) is 35.8 Å². The molecule has 4 rings (SSSR count). The Morgan fingerprint density at radius 2 is 2.03 bits per heavy atom. The number of rotatable bonds is 6. The van der Waals surface area contributed by atoms with Crippen LogP contribution in [-0.2, 0) is 13.0 Å². The summed E-state index contributed by atoms with van der Waals surface area (Å²) < 4.78 is 7.38. The Bertz CT molecular complexity index is 971. The van der Waals surface area contributed by atoms with E-state index in [1.807, 2.05) is 18.3 Å². The fourth-order valence-corrected chi connectivity index (χ4v) is 4.96. The number of aromatic nitrogens is 3. The highest BCUT2D eigenvalue weighted by atomic mass is 32.1. The second kappa shape index (κ2) is 7.92. The Morgan fingerprint density at radius 3 is 2.69 bits per heavy atom. The summed E-state index contributed by atoms with van der Waals surface area (Å²) in [6, 6.07) is 8.40. The average molecular weight is 411 g/mol. The Labute approximate surface area is 177 Å². The highest BCUT2D eigenvalue weighted by Gasteiger charge is 2.35. The van der Waals surface area contributed by atoms with Crippen LogP contribution in [0.3, 0.4) is 0 Å². The van der Waals surface area contributed by atoms with Crippen LogP contribution in [0.25, 0.3) is 5.69 Å². The topological polar surface area (TPSA) is 52.0 Å². The summed E-state index contributed by atoms with van der Waals surface area (Å²) >= 11 is 1.75. The fourth-order valence-electron chi connectivity index (χ4n) is 4.05. The molecule has 0 fully saturated rings. The van der Waals surface area contributed by atoms with Crippen molar-refractivity contribution in [3.8, 4) is 11.4 Å². The summed E-state index contributed by atoms with van der Waals surface area (Å²) in [5, 5.41) is 11.8. The number of hydrogen-bond donors (Lipinski definition) is 1. The molecule has 6 heteroatoms. The van der Waals surface area contributed by atoms with Crippen molar-refractivity contribution < 1.29 is 4.74 Å². The highest BCUT2D eigenvalue weighted by molar-refractivity contribution is 7.09. The van der Waals surface area contributed by atoms with Crippen molar-refractivity contribution in [3.05, 3.63) is 57.8 Å². The van der Waals surface area contributed by atoms with Crippen LogP contribution in [0.1, 0.15) is 68.0 Å². The van der Waals surface area contributed by atoms with Crippen LogP contribution < -0.4 is 10.1 Å². The SMILES string of the molecule is COc1ccc(-n2ncc3c2CC(C)(C)CC3NCc2nc(C(C)C)cs2)cc1. The predicted molar refractivity (Wildman–Crippen MR) is 118 cm³/mol. The van der Waals surface area contributed by atoms with Gasteiger partial charge in [0.1, 0.15) is 10.8 Å². The minimum absolute atomic E-state index is 0.209. The van der Waals surface area contributed by atoms with E-state index in [9.17, 15) is 0 Å². The molecule has 1 aliphatic rings. The second-order valence-electron chi connectivity index (χ2n) is 8.96. The van der Waals surface area contributed by atoms with E-state index in [0.29, 0.717) is 5.92 Å². The zero-order valence-corrected chi connectivity index (χ0v) is 18.7. The summed E-state index contributed by atoms with van der Waals surface area (Å²) in [5.74, 6) is 1.34. The molecule has 0 aliphatic heterocycles. The van der Waals surface area contributed by atoms with Gasteiger partial charge in [0.2, 0.25) is 0 Å². The van der Waals surface area contributed by atoms with Crippen LogP contribution in [0, 0.1) is 5.41 Å². The molecule has 2 heterocycles. The quantitative estimate of drug-likeness (QED) is 0.602. The van der Waals surface area contributed by atoms with Crippen molar-refractivity contribution in [1.29, 1.82) is 0 Å². The van der Waals surface area contributed by atoms with E-state index in [2.05, 4.69) is 55.2 Å². The summed E-state index contributed by atoms with van der Waals surface area (Å²) in [6.07, 6.45) is 4.14. The molecule has 154 valence electrons. The first-order valence-electron chi connectivity index (χ1n) is 10.3. The number of benzene rings is 1. The Hall–Kier alpha value is -2.18. The molecule has 1 N–H and O–H groups in total. The molecule has 1 aliphatic carbocycles. The third kappa shape index (κ3) is 4.23. The maximum Gasteiger partial charge on any atom is 0.119 e. The molecule has 0 bridgehead atoms. The summed E-state index contributed by atoms with van der Waals surface area (Å²) in [6.45, 7) is 9.86. The molecular weight excluding hydrogens is 380 g/mol. The molecule has 1 unspecified atom stereocenters. The average Bonchev–Trinajstić information content (AvgIpc) is 3.32. The van der Waals surface area contributed by atoms with Crippen molar-refractivity contribution in [2.75, 3.05) is 7.11 Å². The normalized spacial score (nSPS) is 18.1. The number of methoxy groups -OCH3 is 1. The molecule has 0 amide bonds. The number of nitrogens with one attached hydrogen (secondary N) is 1. The minimum atomic E-state index is 0.209. The number of thiazole rings is 1. The fraction of sp³-hybridized carbons (Fsp3) is 0.478.